The molecule has 0 heterocycles. The molecule has 0 aromatic rings. The van der Waals surface area contributed by atoms with E-state index in [-0.39, 0.29) is 18.7 Å². The molecule has 12 nitrogen and oxygen atoms in total. The van der Waals surface area contributed by atoms with Crippen molar-refractivity contribution < 1.29 is 38.9 Å². The molecular weight excluding hydrogens is 448 g/mol. The van der Waals surface area contributed by atoms with Crippen LogP contribution in [0.3, 0.4) is 0 Å². The van der Waals surface area contributed by atoms with E-state index in [1.165, 1.54) is 0 Å². The monoisotopic (exact) mass is 488 g/mol. The van der Waals surface area contributed by atoms with E-state index in [2.05, 4.69) is 16.0 Å². The van der Waals surface area contributed by atoms with Crippen LogP contribution in [0.5, 0.6) is 0 Å². The Hall–Kier alpha value is -2.89. The van der Waals surface area contributed by atoms with Crippen LogP contribution in [-0.2, 0) is 23.9 Å². The second-order valence-corrected chi connectivity index (χ2v) is 8.97. The zero-order chi connectivity index (χ0) is 26.1. The average molecular weight is 489 g/mol. The minimum atomic E-state index is -1.42. The molecule has 0 saturated carbocycles. The van der Waals surface area contributed by atoms with E-state index in [4.69, 9.17) is 15.6 Å². The summed E-state index contributed by atoms with van der Waals surface area (Å²) in [5.74, 6) is -3.31. The highest BCUT2D eigenvalue weighted by molar-refractivity contribution is 5.87. The van der Waals surface area contributed by atoms with Crippen LogP contribution >= 0.6 is 0 Å². The molecule has 34 heavy (non-hydrogen) atoms. The Morgan fingerprint density at radius 2 is 1.50 bits per heavy atom. The van der Waals surface area contributed by atoms with Gasteiger partial charge in [0.2, 0.25) is 5.91 Å². The third-order valence-electron chi connectivity index (χ3n) is 4.60. The van der Waals surface area contributed by atoms with Gasteiger partial charge in [-0.25, -0.2) is 14.4 Å². The van der Waals surface area contributed by atoms with Crippen molar-refractivity contribution in [3.63, 3.8) is 0 Å². The molecule has 12 heteroatoms. The molecule has 0 aromatic heterocycles. The molecule has 1 unspecified atom stereocenters. The van der Waals surface area contributed by atoms with Crippen molar-refractivity contribution in [3.05, 3.63) is 0 Å². The summed E-state index contributed by atoms with van der Waals surface area (Å²) < 4.78 is 5.34. The number of esters is 1. The molecule has 2 atom stereocenters. The number of ether oxygens (including phenoxy) is 1. The molecule has 0 aliphatic rings. The normalized spacial score (nSPS) is 12.8. The second kappa shape index (κ2) is 16.7. The molecule has 3 amide bonds. The second-order valence-electron chi connectivity index (χ2n) is 8.97. The molecule has 0 radical (unpaired) electrons. The quantitative estimate of drug-likeness (QED) is 0.128. The Balaban J connectivity index is 4.73. The lowest BCUT2D eigenvalue weighted by molar-refractivity contribution is -0.157. The molecule has 196 valence electrons. The summed E-state index contributed by atoms with van der Waals surface area (Å²) in [5.41, 5.74) is 4.62. The van der Waals surface area contributed by atoms with Crippen LogP contribution in [0.25, 0.3) is 0 Å². The van der Waals surface area contributed by atoms with E-state index in [0.29, 0.717) is 32.4 Å². The summed E-state index contributed by atoms with van der Waals surface area (Å²) in [7, 11) is 0. The minimum Gasteiger partial charge on any atom is -0.481 e. The Labute approximate surface area is 200 Å². The van der Waals surface area contributed by atoms with Crippen molar-refractivity contribution in [2.75, 3.05) is 13.1 Å². The number of hydrogen-bond donors (Lipinski definition) is 6. The number of carboxylic acids is 2. The van der Waals surface area contributed by atoms with Crippen LogP contribution in [0, 0.1) is 0 Å². The van der Waals surface area contributed by atoms with Gasteiger partial charge in [0, 0.05) is 19.4 Å². The molecule has 0 aliphatic heterocycles. The third-order valence-corrected chi connectivity index (χ3v) is 4.60. The Morgan fingerprint density at radius 3 is 2.06 bits per heavy atom. The highest BCUT2D eigenvalue weighted by atomic mass is 16.6. The Kier molecular flexibility index (Phi) is 15.3. The summed E-state index contributed by atoms with van der Waals surface area (Å²) in [4.78, 5) is 58.6. The van der Waals surface area contributed by atoms with Gasteiger partial charge in [0.15, 0.2) is 0 Å². The van der Waals surface area contributed by atoms with Gasteiger partial charge in [-0.3, -0.25) is 9.59 Å². The number of hydrogen-bond acceptors (Lipinski definition) is 7. The van der Waals surface area contributed by atoms with E-state index in [9.17, 15) is 29.1 Å². The minimum absolute atomic E-state index is 0.0562. The van der Waals surface area contributed by atoms with E-state index in [0.717, 1.165) is 19.3 Å². The smallest absolute Gasteiger partial charge is 0.329 e. The number of rotatable bonds is 17. The first-order valence-corrected chi connectivity index (χ1v) is 11.6. The van der Waals surface area contributed by atoms with Gasteiger partial charge in [0.1, 0.15) is 17.7 Å². The molecule has 7 N–H and O–H groups in total. The van der Waals surface area contributed by atoms with Crippen molar-refractivity contribution in [3.8, 4) is 0 Å². The van der Waals surface area contributed by atoms with Crippen molar-refractivity contribution in [2.45, 2.75) is 96.2 Å². The zero-order valence-electron chi connectivity index (χ0n) is 20.4. The Bertz CT molecular complexity index is 678. The van der Waals surface area contributed by atoms with Crippen molar-refractivity contribution in [1.29, 1.82) is 0 Å². The molecule has 0 saturated heterocycles. The zero-order valence-corrected chi connectivity index (χ0v) is 20.4. The fourth-order valence-corrected chi connectivity index (χ4v) is 2.90. The predicted octanol–water partition coefficient (Wildman–Crippen LogP) is 1.12. The van der Waals surface area contributed by atoms with Gasteiger partial charge in [-0.05, 0) is 65.8 Å². The number of urea groups is 1. The van der Waals surface area contributed by atoms with E-state index in [1.807, 2.05) is 0 Å². The number of unbranched alkanes of at least 4 members (excludes halogenated alkanes) is 3. The van der Waals surface area contributed by atoms with E-state index >= 15 is 0 Å². The maximum atomic E-state index is 12.5. The Morgan fingerprint density at radius 1 is 0.853 bits per heavy atom. The molecular formula is C22H40N4O8. The maximum absolute atomic E-state index is 12.5. The number of carboxylic acid groups (broad SMARTS) is 2. The topological polar surface area (TPSA) is 197 Å². The SMILES string of the molecule is CC(C)(C)OC(=O)C(CCCCNC(=O)CCCCCN)NC(=O)N[C@@H](CCC(=O)O)C(=O)O. The summed E-state index contributed by atoms with van der Waals surface area (Å²) in [6, 6.07) is -3.38. The van der Waals surface area contributed by atoms with Crippen LogP contribution in [-0.4, -0.2) is 70.8 Å². The first-order valence-electron chi connectivity index (χ1n) is 11.6. The van der Waals surface area contributed by atoms with Crippen LogP contribution < -0.4 is 21.7 Å². The molecule has 0 bridgehead atoms. The summed E-state index contributed by atoms with van der Waals surface area (Å²) in [5, 5.41) is 25.3. The molecule has 0 aromatic carbocycles. The van der Waals surface area contributed by atoms with E-state index in [1.54, 1.807) is 20.8 Å². The van der Waals surface area contributed by atoms with Gasteiger partial charge in [0.25, 0.3) is 0 Å². The molecule has 0 rings (SSSR count). The van der Waals surface area contributed by atoms with Gasteiger partial charge in [-0.15, -0.1) is 0 Å². The number of aliphatic carboxylic acids is 2. The maximum Gasteiger partial charge on any atom is 0.329 e. The van der Waals surface area contributed by atoms with Gasteiger partial charge in [-0.2, -0.15) is 0 Å². The van der Waals surface area contributed by atoms with Crippen LogP contribution in [0.4, 0.5) is 4.79 Å². The largest absolute Gasteiger partial charge is 0.481 e. The summed E-state index contributed by atoms with van der Waals surface area (Å²) >= 11 is 0. The number of nitrogens with two attached hydrogens (primary N) is 1. The fraction of sp³-hybridized carbons (Fsp3) is 0.773. The van der Waals surface area contributed by atoms with Crippen molar-refractivity contribution in [1.82, 2.24) is 16.0 Å². The van der Waals surface area contributed by atoms with Crippen LogP contribution in [0.15, 0.2) is 0 Å². The lowest BCUT2D eigenvalue weighted by atomic mass is 10.1. The lowest BCUT2D eigenvalue weighted by Gasteiger charge is -2.25. The third kappa shape index (κ3) is 16.7. The standard InChI is InChI=1S/C22H40N4O8/c1-22(2,3)34-20(32)16(9-6-8-14-24-17(27)10-5-4-7-13-23)26-21(33)25-15(19(30)31)11-12-18(28)29/h15-16H,4-14,23H2,1-3H3,(H,24,27)(H,28,29)(H,30,31)(H2,25,26,33)/t15-,16?/m0/s1. The fourth-order valence-electron chi connectivity index (χ4n) is 2.90. The highest BCUT2D eigenvalue weighted by Crippen LogP contribution is 2.12. The van der Waals surface area contributed by atoms with Gasteiger partial charge >= 0.3 is 23.9 Å². The molecule has 0 spiro atoms. The van der Waals surface area contributed by atoms with Gasteiger partial charge < -0.3 is 36.6 Å². The number of carbonyl (C=O) groups excluding carboxylic acids is 3. The summed E-state index contributed by atoms with van der Waals surface area (Å²) in [6.45, 7) is 6.05. The first kappa shape index (κ1) is 31.1. The van der Waals surface area contributed by atoms with E-state index < -0.39 is 48.0 Å². The van der Waals surface area contributed by atoms with Crippen LogP contribution in [0.2, 0.25) is 0 Å². The average Bonchev–Trinajstić information content (AvgIpc) is 2.71. The first-order chi connectivity index (χ1) is 15.9. The predicted molar refractivity (Wildman–Crippen MR) is 124 cm³/mol. The summed E-state index contributed by atoms with van der Waals surface area (Å²) in [6.07, 6.45) is 3.49. The lowest BCUT2D eigenvalue weighted by Crippen LogP contribution is -2.52. The highest BCUT2D eigenvalue weighted by Gasteiger charge is 2.28. The van der Waals surface area contributed by atoms with Crippen molar-refractivity contribution in [2.24, 2.45) is 5.73 Å². The number of nitrogens with one attached hydrogen (secondary N) is 3. The van der Waals surface area contributed by atoms with Crippen molar-refractivity contribution >= 4 is 29.8 Å². The molecule has 0 aliphatic carbocycles. The number of carbonyl (C=O) groups is 5. The number of amides is 3. The van der Waals surface area contributed by atoms with Gasteiger partial charge in [-0.1, -0.05) is 6.42 Å². The van der Waals surface area contributed by atoms with Gasteiger partial charge in [0.05, 0.1) is 0 Å². The van der Waals surface area contributed by atoms with Crippen LogP contribution in [0.1, 0.15) is 78.6 Å². The molecule has 0 fully saturated rings.